The summed E-state index contributed by atoms with van der Waals surface area (Å²) >= 11 is 0. The number of guanidine groups is 1. The number of hydrogen-bond acceptors (Lipinski definition) is 3. The molecular formula is C21H38IN3O2. The molecule has 0 fully saturated rings. The Morgan fingerprint density at radius 3 is 2.44 bits per heavy atom. The molecule has 1 rings (SSSR count). The van der Waals surface area contributed by atoms with Crippen LogP contribution in [0.15, 0.2) is 29.3 Å². The van der Waals surface area contributed by atoms with E-state index in [2.05, 4.69) is 67.6 Å². The SMILES string of the molecule is CCCCOCCCNC(=NC)NCc1cccc(COC(C)(C)C)c1.I. The average Bonchev–Trinajstić information content (AvgIpc) is 2.61. The molecule has 0 spiro atoms. The van der Waals surface area contributed by atoms with Crippen LogP contribution in [-0.4, -0.2) is 38.4 Å². The Kier molecular flexibility index (Phi) is 14.6. The van der Waals surface area contributed by atoms with E-state index in [0.717, 1.165) is 45.1 Å². The Morgan fingerprint density at radius 2 is 1.78 bits per heavy atom. The second-order valence-electron chi connectivity index (χ2n) is 7.39. The number of benzene rings is 1. The van der Waals surface area contributed by atoms with Gasteiger partial charge in [0.2, 0.25) is 0 Å². The first kappa shape index (κ1) is 26.1. The highest BCUT2D eigenvalue weighted by Crippen LogP contribution is 2.13. The highest BCUT2D eigenvalue weighted by atomic mass is 127. The Morgan fingerprint density at radius 1 is 1.07 bits per heavy atom. The summed E-state index contributed by atoms with van der Waals surface area (Å²) in [5.41, 5.74) is 2.28. The molecule has 27 heavy (non-hydrogen) atoms. The van der Waals surface area contributed by atoms with E-state index in [1.165, 1.54) is 17.5 Å². The number of nitrogens with one attached hydrogen (secondary N) is 2. The Balaban J connectivity index is 0.00000676. The van der Waals surface area contributed by atoms with Gasteiger partial charge in [0.15, 0.2) is 5.96 Å². The molecule has 2 N–H and O–H groups in total. The molecule has 156 valence electrons. The number of halogens is 1. The maximum absolute atomic E-state index is 5.85. The zero-order valence-corrected chi connectivity index (χ0v) is 20.0. The van der Waals surface area contributed by atoms with Crippen LogP contribution in [0.25, 0.3) is 0 Å². The number of rotatable bonds is 11. The molecule has 0 amide bonds. The highest BCUT2D eigenvalue weighted by Gasteiger charge is 2.10. The molecule has 0 bridgehead atoms. The van der Waals surface area contributed by atoms with Crippen LogP contribution >= 0.6 is 24.0 Å². The fourth-order valence-corrected chi connectivity index (χ4v) is 2.27. The molecule has 0 saturated carbocycles. The second-order valence-corrected chi connectivity index (χ2v) is 7.39. The summed E-state index contributed by atoms with van der Waals surface area (Å²) in [5.74, 6) is 0.815. The first-order chi connectivity index (χ1) is 12.4. The number of hydrogen-bond donors (Lipinski definition) is 2. The van der Waals surface area contributed by atoms with Crippen molar-refractivity contribution in [3.05, 3.63) is 35.4 Å². The third kappa shape index (κ3) is 13.9. The molecule has 0 heterocycles. The molecular weight excluding hydrogens is 453 g/mol. The van der Waals surface area contributed by atoms with Gasteiger partial charge in [0.25, 0.3) is 0 Å². The maximum Gasteiger partial charge on any atom is 0.191 e. The van der Waals surface area contributed by atoms with Crippen molar-refractivity contribution in [2.75, 3.05) is 26.8 Å². The van der Waals surface area contributed by atoms with Crippen LogP contribution in [0.3, 0.4) is 0 Å². The molecule has 0 aliphatic heterocycles. The Bertz CT molecular complexity index is 530. The molecule has 0 aromatic heterocycles. The summed E-state index contributed by atoms with van der Waals surface area (Å²) in [5, 5.41) is 6.68. The van der Waals surface area contributed by atoms with Gasteiger partial charge in [-0.05, 0) is 44.7 Å². The van der Waals surface area contributed by atoms with Gasteiger partial charge in [-0.25, -0.2) is 0 Å². The smallest absolute Gasteiger partial charge is 0.191 e. The average molecular weight is 491 g/mol. The van der Waals surface area contributed by atoms with Crippen molar-refractivity contribution in [1.82, 2.24) is 10.6 Å². The van der Waals surface area contributed by atoms with Crippen molar-refractivity contribution in [2.45, 2.75) is 65.7 Å². The Labute approximate surface area is 182 Å². The van der Waals surface area contributed by atoms with Gasteiger partial charge in [-0.15, -0.1) is 24.0 Å². The molecule has 0 atom stereocenters. The molecule has 0 aliphatic carbocycles. The van der Waals surface area contributed by atoms with Gasteiger partial charge in [-0.2, -0.15) is 0 Å². The van der Waals surface area contributed by atoms with E-state index in [9.17, 15) is 0 Å². The van der Waals surface area contributed by atoms with Crippen molar-refractivity contribution in [2.24, 2.45) is 4.99 Å². The van der Waals surface area contributed by atoms with Gasteiger partial charge < -0.3 is 20.1 Å². The van der Waals surface area contributed by atoms with E-state index in [1.54, 1.807) is 7.05 Å². The van der Waals surface area contributed by atoms with Crippen molar-refractivity contribution in [3.8, 4) is 0 Å². The van der Waals surface area contributed by atoms with E-state index in [0.29, 0.717) is 6.61 Å². The van der Waals surface area contributed by atoms with E-state index >= 15 is 0 Å². The van der Waals surface area contributed by atoms with Crippen molar-refractivity contribution >= 4 is 29.9 Å². The van der Waals surface area contributed by atoms with E-state index in [-0.39, 0.29) is 29.6 Å². The van der Waals surface area contributed by atoms with Gasteiger partial charge in [0.05, 0.1) is 12.2 Å². The Hall–Kier alpha value is -0.860. The first-order valence-corrected chi connectivity index (χ1v) is 9.68. The second kappa shape index (κ2) is 15.1. The van der Waals surface area contributed by atoms with Crippen molar-refractivity contribution in [1.29, 1.82) is 0 Å². The monoisotopic (exact) mass is 491 g/mol. The van der Waals surface area contributed by atoms with Crippen LogP contribution in [0.5, 0.6) is 0 Å². The molecule has 0 unspecified atom stereocenters. The summed E-state index contributed by atoms with van der Waals surface area (Å²) in [6, 6.07) is 8.46. The summed E-state index contributed by atoms with van der Waals surface area (Å²) in [7, 11) is 1.79. The normalized spacial score (nSPS) is 11.8. The fourth-order valence-electron chi connectivity index (χ4n) is 2.27. The topological polar surface area (TPSA) is 54.9 Å². The van der Waals surface area contributed by atoms with Gasteiger partial charge in [0, 0.05) is 33.4 Å². The third-order valence-electron chi connectivity index (χ3n) is 3.75. The minimum Gasteiger partial charge on any atom is -0.381 e. The largest absolute Gasteiger partial charge is 0.381 e. The standard InChI is InChI=1S/C21H37N3O2.HI/c1-6-7-13-25-14-9-12-23-20(22-5)24-16-18-10-8-11-19(15-18)17-26-21(2,3)4;/h8,10-11,15H,6-7,9,12-14,16-17H2,1-5H3,(H2,22,23,24);1H. The lowest BCUT2D eigenvalue weighted by atomic mass is 10.1. The van der Waals surface area contributed by atoms with Gasteiger partial charge in [0.1, 0.15) is 0 Å². The van der Waals surface area contributed by atoms with Crippen molar-refractivity contribution < 1.29 is 9.47 Å². The number of nitrogens with zero attached hydrogens (tertiary/aromatic N) is 1. The lowest BCUT2D eigenvalue weighted by Gasteiger charge is -2.19. The van der Waals surface area contributed by atoms with Crippen LogP contribution in [-0.2, 0) is 22.6 Å². The van der Waals surface area contributed by atoms with E-state index in [4.69, 9.17) is 9.47 Å². The minimum atomic E-state index is -0.125. The van der Waals surface area contributed by atoms with Gasteiger partial charge >= 0.3 is 0 Å². The highest BCUT2D eigenvalue weighted by molar-refractivity contribution is 14.0. The van der Waals surface area contributed by atoms with Crippen LogP contribution < -0.4 is 10.6 Å². The number of aliphatic imine (C=N–C) groups is 1. The first-order valence-electron chi connectivity index (χ1n) is 9.68. The minimum absolute atomic E-state index is 0. The predicted molar refractivity (Wildman–Crippen MR) is 125 cm³/mol. The number of ether oxygens (including phenoxy) is 2. The zero-order valence-electron chi connectivity index (χ0n) is 17.6. The van der Waals surface area contributed by atoms with E-state index in [1.807, 2.05) is 0 Å². The van der Waals surface area contributed by atoms with Gasteiger partial charge in [-0.1, -0.05) is 37.6 Å². The van der Waals surface area contributed by atoms with Crippen LogP contribution in [0, 0.1) is 0 Å². The maximum atomic E-state index is 5.85. The summed E-state index contributed by atoms with van der Waals surface area (Å²) in [6.45, 7) is 12.3. The van der Waals surface area contributed by atoms with E-state index < -0.39 is 0 Å². The quantitative estimate of drug-likeness (QED) is 0.207. The van der Waals surface area contributed by atoms with Gasteiger partial charge in [-0.3, -0.25) is 4.99 Å². The third-order valence-corrected chi connectivity index (χ3v) is 3.75. The molecule has 6 heteroatoms. The van der Waals surface area contributed by atoms with Crippen molar-refractivity contribution in [3.63, 3.8) is 0 Å². The molecule has 1 aromatic rings. The summed E-state index contributed by atoms with van der Waals surface area (Å²) < 4.78 is 11.4. The summed E-state index contributed by atoms with van der Waals surface area (Å²) in [6.07, 6.45) is 3.29. The van der Waals surface area contributed by atoms with Crippen LogP contribution in [0.2, 0.25) is 0 Å². The molecule has 5 nitrogen and oxygen atoms in total. The zero-order chi connectivity index (χ0) is 19.3. The molecule has 0 radical (unpaired) electrons. The predicted octanol–water partition coefficient (Wildman–Crippen LogP) is 4.49. The molecule has 0 aliphatic rings. The summed E-state index contributed by atoms with van der Waals surface area (Å²) in [4.78, 5) is 4.27. The lowest BCUT2D eigenvalue weighted by molar-refractivity contribution is -0.0149. The fraction of sp³-hybridized carbons (Fsp3) is 0.667. The lowest BCUT2D eigenvalue weighted by Crippen LogP contribution is -2.37. The molecule has 0 saturated heterocycles. The molecule has 1 aromatic carbocycles. The van der Waals surface area contributed by atoms with Crippen LogP contribution in [0.1, 0.15) is 58.1 Å². The van der Waals surface area contributed by atoms with Crippen LogP contribution in [0.4, 0.5) is 0 Å². The number of unbranched alkanes of at least 4 members (excludes halogenated alkanes) is 1.